The fraction of sp³-hybridized carbons (Fsp3) is 0.417. The number of hydrogen-bond donors (Lipinski definition) is 2. The normalized spacial score (nSPS) is 10.2. The number of aliphatic carboxylic acids is 1. The van der Waals surface area contributed by atoms with E-state index in [2.05, 4.69) is 5.32 Å². The number of rotatable bonds is 7. The minimum Gasteiger partial charge on any atom is -0.492 e. The van der Waals surface area contributed by atoms with Crippen LogP contribution in [0, 0.1) is 0 Å². The van der Waals surface area contributed by atoms with E-state index in [0.29, 0.717) is 23.9 Å². The average Bonchev–Trinajstić information content (AvgIpc) is 2.27. The first kappa shape index (κ1) is 13.8. The molecule has 0 atom stereocenters. The van der Waals surface area contributed by atoms with Crippen molar-refractivity contribution in [3.8, 4) is 5.75 Å². The van der Waals surface area contributed by atoms with Gasteiger partial charge in [0.15, 0.2) is 0 Å². The number of carbonyl (C=O) groups is 1. The molecule has 0 amide bonds. The third kappa shape index (κ3) is 5.06. The predicted molar refractivity (Wildman–Crippen MR) is 66.6 cm³/mol. The van der Waals surface area contributed by atoms with E-state index >= 15 is 0 Å². The Morgan fingerprint density at radius 2 is 2.29 bits per heavy atom. The highest BCUT2D eigenvalue weighted by atomic mass is 35.5. The zero-order chi connectivity index (χ0) is 12.7. The molecule has 94 valence electrons. The summed E-state index contributed by atoms with van der Waals surface area (Å²) in [5.41, 5.74) is 0.931. The summed E-state index contributed by atoms with van der Waals surface area (Å²) in [6.45, 7) is 3.07. The second-order valence-corrected chi connectivity index (χ2v) is 4.02. The summed E-state index contributed by atoms with van der Waals surface area (Å²) in [7, 11) is 0. The number of ether oxygens (including phenoxy) is 1. The maximum atomic E-state index is 10.3. The van der Waals surface area contributed by atoms with Crippen LogP contribution in [0.25, 0.3) is 0 Å². The summed E-state index contributed by atoms with van der Waals surface area (Å²) in [5.74, 6) is -0.213. The van der Waals surface area contributed by atoms with Gasteiger partial charge < -0.3 is 15.2 Å². The Kier molecular flexibility index (Phi) is 5.80. The molecule has 0 heterocycles. The number of carboxylic acid groups (broad SMARTS) is 1. The minimum atomic E-state index is -0.876. The highest BCUT2D eigenvalue weighted by Crippen LogP contribution is 2.25. The zero-order valence-corrected chi connectivity index (χ0v) is 10.5. The van der Waals surface area contributed by atoms with Crippen molar-refractivity contribution in [3.05, 3.63) is 28.8 Å². The van der Waals surface area contributed by atoms with E-state index in [-0.39, 0.29) is 6.54 Å². The van der Waals surface area contributed by atoms with Crippen molar-refractivity contribution in [2.45, 2.75) is 19.9 Å². The quantitative estimate of drug-likeness (QED) is 0.787. The van der Waals surface area contributed by atoms with Crippen molar-refractivity contribution >= 4 is 17.6 Å². The van der Waals surface area contributed by atoms with Crippen LogP contribution in [0.1, 0.15) is 18.9 Å². The summed E-state index contributed by atoms with van der Waals surface area (Å²) in [4.78, 5) is 10.3. The third-order valence-electron chi connectivity index (χ3n) is 2.06. The molecule has 0 bridgehead atoms. The molecule has 1 aromatic rings. The number of benzene rings is 1. The van der Waals surface area contributed by atoms with E-state index in [1.807, 2.05) is 13.0 Å². The Hall–Kier alpha value is -1.26. The van der Waals surface area contributed by atoms with Crippen LogP contribution < -0.4 is 10.1 Å². The van der Waals surface area contributed by atoms with E-state index in [4.69, 9.17) is 21.4 Å². The average molecular weight is 258 g/mol. The second kappa shape index (κ2) is 7.14. The number of carboxylic acids is 1. The van der Waals surface area contributed by atoms with Gasteiger partial charge >= 0.3 is 5.97 Å². The zero-order valence-electron chi connectivity index (χ0n) is 9.70. The number of nitrogens with one attached hydrogen (secondary N) is 1. The third-order valence-corrected chi connectivity index (χ3v) is 2.36. The van der Waals surface area contributed by atoms with Crippen molar-refractivity contribution in [1.82, 2.24) is 5.32 Å². The Balaban J connectivity index is 2.52. The molecule has 5 heteroatoms. The number of halogens is 1. The summed E-state index contributed by atoms with van der Waals surface area (Å²) in [6, 6.07) is 5.45. The van der Waals surface area contributed by atoms with Crippen LogP contribution in [0.5, 0.6) is 5.75 Å². The van der Waals surface area contributed by atoms with Gasteiger partial charge in [-0.3, -0.25) is 4.79 Å². The maximum absolute atomic E-state index is 10.3. The van der Waals surface area contributed by atoms with Crippen LogP contribution in [-0.4, -0.2) is 24.2 Å². The summed E-state index contributed by atoms with van der Waals surface area (Å²) in [6.07, 6.45) is 0.929. The smallest absolute Gasteiger partial charge is 0.317 e. The molecule has 0 saturated heterocycles. The minimum absolute atomic E-state index is 0.0638. The van der Waals surface area contributed by atoms with Gasteiger partial charge in [-0.1, -0.05) is 24.6 Å². The Labute approximate surface area is 106 Å². The first-order chi connectivity index (χ1) is 8.13. The molecule has 0 unspecified atom stereocenters. The molecule has 0 fully saturated rings. The molecule has 0 aliphatic carbocycles. The Morgan fingerprint density at radius 3 is 2.88 bits per heavy atom. The largest absolute Gasteiger partial charge is 0.492 e. The van der Waals surface area contributed by atoms with E-state index in [1.165, 1.54) is 0 Å². The van der Waals surface area contributed by atoms with Crippen LogP contribution in [0.4, 0.5) is 0 Å². The standard InChI is InChI=1S/C12H16ClNO3/c1-2-5-17-11-4-3-9(6-10(11)13)7-14-8-12(15)16/h3-4,6,14H,2,5,7-8H2,1H3,(H,15,16). The lowest BCUT2D eigenvalue weighted by Crippen LogP contribution is -2.21. The topological polar surface area (TPSA) is 58.6 Å². The fourth-order valence-corrected chi connectivity index (χ4v) is 1.55. The van der Waals surface area contributed by atoms with Crippen LogP contribution in [0.15, 0.2) is 18.2 Å². The molecule has 0 saturated carbocycles. The number of hydrogen-bond acceptors (Lipinski definition) is 3. The van der Waals surface area contributed by atoms with Crippen LogP contribution in [0.3, 0.4) is 0 Å². The fourth-order valence-electron chi connectivity index (χ4n) is 1.30. The molecular formula is C12H16ClNO3. The summed E-state index contributed by atoms with van der Waals surface area (Å²) >= 11 is 6.04. The van der Waals surface area contributed by atoms with Gasteiger partial charge in [0.1, 0.15) is 5.75 Å². The van der Waals surface area contributed by atoms with Crippen molar-refractivity contribution < 1.29 is 14.6 Å². The first-order valence-electron chi connectivity index (χ1n) is 5.47. The highest BCUT2D eigenvalue weighted by Gasteiger charge is 2.03. The molecule has 4 nitrogen and oxygen atoms in total. The molecule has 0 aromatic heterocycles. The predicted octanol–water partition coefficient (Wildman–Crippen LogP) is 2.30. The second-order valence-electron chi connectivity index (χ2n) is 3.61. The van der Waals surface area contributed by atoms with Gasteiger partial charge in [0.05, 0.1) is 18.2 Å². The van der Waals surface area contributed by atoms with Gasteiger partial charge in [0.2, 0.25) is 0 Å². The molecule has 1 aromatic carbocycles. The van der Waals surface area contributed by atoms with Gasteiger partial charge in [-0.15, -0.1) is 0 Å². The molecule has 17 heavy (non-hydrogen) atoms. The lowest BCUT2D eigenvalue weighted by atomic mass is 10.2. The Morgan fingerprint density at radius 1 is 1.53 bits per heavy atom. The SMILES string of the molecule is CCCOc1ccc(CNCC(=O)O)cc1Cl. The molecule has 0 spiro atoms. The van der Waals surface area contributed by atoms with E-state index < -0.39 is 5.97 Å². The van der Waals surface area contributed by atoms with Gasteiger partial charge in [-0.25, -0.2) is 0 Å². The van der Waals surface area contributed by atoms with Crippen molar-refractivity contribution in [2.24, 2.45) is 0 Å². The van der Waals surface area contributed by atoms with Crippen molar-refractivity contribution in [3.63, 3.8) is 0 Å². The molecule has 0 aliphatic heterocycles. The lowest BCUT2D eigenvalue weighted by Gasteiger charge is -2.08. The first-order valence-corrected chi connectivity index (χ1v) is 5.85. The molecule has 0 aliphatic rings. The monoisotopic (exact) mass is 257 g/mol. The Bertz CT molecular complexity index is 382. The maximum Gasteiger partial charge on any atom is 0.317 e. The van der Waals surface area contributed by atoms with Crippen LogP contribution in [-0.2, 0) is 11.3 Å². The summed E-state index contributed by atoms with van der Waals surface area (Å²) in [5, 5.41) is 11.8. The lowest BCUT2D eigenvalue weighted by molar-refractivity contribution is -0.135. The molecule has 0 radical (unpaired) electrons. The van der Waals surface area contributed by atoms with E-state index in [0.717, 1.165) is 12.0 Å². The van der Waals surface area contributed by atoms with Gasteiger partial charge in [-0.05, 0) is 24.1 Å². The van der Waals surface area contributed by atoms with Crippen LogP contribution in [0.2, 0.25) is 5.02 Å². The van der Waals surface area contributed by atoms with Crippen LogP contribution >= 0.6 is 11.6 Å². The van der Waals surface area contributed by atoms with Crippen molar-refractivity contribution in [1.29, 1.82) is 0 Å². The molecule has 2 N–H and O–H groups in total. The van der Waals surface area contributed by atoms with E-state index in [1.54, 1.807) is 12.1 Å². The van der Waals surface area contributed by atoms with Gasteiger partial charge in [0, 0.05) is 6.54 Å². The van der Waals surface area contributed by atoms with Gasteiger partial charge in [-0.2, -0.15) is 0 Å². The van der Waals surface area contributed by atoms with Gasteiger partial charge in [0.25, 0.3) is 0 Å². The highest BCUT2D eigenvalue weighted by molar-refractivity contribution is 6.32. The molecular weight excluding hydrogens is 242 g/mol. The van der Waals surface area contributed by atoms with Crippen molar-refractivity contribution in [2.75, 3.05) is 13.2 Å². The summed E-state index contributed by atoms with van der Waals surface area (Å²) < 4.78 is 5.44. The molecule has 1 rings (SSSR count). The van der Waals surface area contributed by atoms with E-state index in [9.17, 15) is 4.79 Å².